The maximum Gasteiger partial charge on any atom is 1.00 e. The monoisotopic (exact) mass is 300 g/mol. The first kappa shape index (κ1) is 18.7. The quantitative estimate of drug-likeness (QED) is 0.339. The molecular formula is C10H13NaO7S. The van der Waals surface area contributed by atoms with Crippen LogP contribution < -0.4 is 39.0 Å². The number of aliphatic hydroxyl groups excluding tert-OH is 2. The molecule has 0 aliphatic carbocycles. The number of hydrogen-bond acceptors (Lipinski definition) is 7. The van der Waals surface area contributed by atoms with Gasteiger partial charge in [-0.05, 0) is 26.0 Å². The molecule has 0 aromatic heterocycles. The normalized spacial score (nSPS) is 14.2. The van der Waals surface area contributed by atoms with Crippen LogP contribution in [0.25, 0.3) is 0 Å². The molecule has 7 nitrogen and oxygen atoms in total. The smallest absolute Gasteiger partial charge is 0.744 e. The van der Waals surface area contributed by atoms with E-state index in [4.69, 9.17) is 19.7 Å². The van der Waals surface area contributed by atoms with Gasteiger partial charge < -0.3 is 24.2 Å². The summed E-state index contributed by atoms with van der Waals surface area (Å²) in [5, 5.41) is 18.0. The van der Waals surface area contributed by atoms with E-state index < -0.39 is 27.6 Å². The molecule has 0 fully saturated rings. The summed E-state index contributed by atoms with van der Waals surface area (Å²) in [6, 6.07) is 3.39. The van der Waals surface area contributed by atoms with Crippen molar-refractivity contribution >= 4 is 10.1 Å². The van der Waals surface area contributed by atoms with Crippen LogP contribution >= 0.6 is 0 Å². The number of rotatable bonds is 5. The summed E-state index contributed by atoms with van der Waals surface area (Å²) in [6.07, 6.45) is -2.43. The molecule has 0 saturated heterocycles. The minimum Gasteiger partial charge on any atom is -0.744 e. The van der Waals surface area contributed by atoms with Crippen molar-refractivity contribution < 1.29 is 62.2 Å². The van der Waals surface area contributed by atoms with Crippen molar-refractivity contribution in [3.05, 3.63) is 18.2 Å². The van der Waals surface area contributed by atoms with E-state index in [0.29, 0.717) is 0 Å². The third kappa shape index (κ3) is 6.09. The Morgan fingerprint density at radius 1 is 1.16 bits per heavy atom. The standard InChI is InChI=1S/C10H14O7S.Na/c1-6(11)16-8-3-4-9(17-7(2)12)10(5-8)18(13,14)15;/h3-7,11-12H,1-2H3,(H,13,14,15);/q;+1/p-1. The Hall–Kier alpha value is -0.350. The molecule has 102 valence electrons. The number of ether oxygens (including phenoxy) is 2. The van der Waals surface area contributed by atoms with Gasteiger partial charge in [-0.25, -0.2) is 8.42 Å². The van der Waals surface area contributed by atoms with Gasteiger partial charge in [0.05, 0.1) is 0 Å². The fraction of sp³-hybridized carbons (Fsp3) is 0.400. The van der Waals surface area contributed by atoms with Gasteiger partial charge in [0.1, 0.15) is 26.5 Å². The minimum absolute atomic E-state index is 0. The summed E-state index contributed by atoms with van der Waals surface area (Å²) >= 11 is 0. The maximum absolute atomic E-state index is 11.0. The summed E-state index contributed by atoms with van der Waals surface area (Å²) in [4.78, 5) is -0.665. The van der Waals surface area contributed by atoms with Crippen LogP contribution in [0, 0.1) is 0 Å². The number of aliphatic hydroxyl groups is 2. The third-order valence-electron chi connectivity index (χ3n) is 1.79. The zero-order valence-electron chi connectivity index (χ0n) is 10.7. The Kier molecular flexibility index (Phi) is 7.30. The first-order valence-electron chi connectivity index (χ1n) is 4.99. The molecule has 0 spiro atoms. The van der Waals surface area contributed by atoms with Crippen LogP contribution in [0.4, 0.5) is 0 Å². The summed E-state index contributed by atoms with van der Waals surface area (Å²) in [5.41, 5.74) is 0. The van der Waals surface area contributed by atoms with Crippen molar-refractivity contribution in [1.29, 1.82) is 0 Å². The van der Waals surface area contributed by atoms with Crippen molar-refractivity contribution in [1.82, 2.24) is 0 Å². The van der Waals surface area contributed by atoms with Crippen LogP contribution in [0.5, 0.6) is 11.5 Å². The van der Waals surface area contributed by atoms with Crippen molar-refractivity contribution in [2.75, 3.05) is 0 Å². The van der Waals surface area contributed by atoms with Gasteiger partial charge in [-0.3, -0.25) is 0 Å². The van der Waals surface area contributed by atoms with Gasteiger partial charge in [-0.1, -0.05) is 0 Å². The molecule has 1 aromatic carbocycles. The van der Waals surface area contributed by atoms with E-state index in [1.165, 1.54) is 19.9 Å². The molecule has 19 heavy (non-hydrogen) atoms. The van der Waals surface area contributed by atoms with Gasteiger partial charge in [0.25, 0.3) is 0 Å². The van der Waals surface area contributed by atoms with Gasteiger partial charge in [-0.2, -0.15) is 0 Å². The molecule has 0 aliphatic heterocycles. The van der Waals surface area contributed by atoms with Crippen molar-refractivity contribution in [2.24, 2.45) is 0 Å². The SMILES string of the molecule is CC(O)Oc1ccc(OC(C)O)c(S(=O)(=O)[O-])c1.[Na+]. The van der Waals surface area contributed by atoms with Gasteiger partial charge in [0.15, 0.2) is 12.6 Å². The minimum atomic E-state index is -4.79. The summed E-state index contributed by atoms with van der Waals surface area (Å²) < 4.78 is 42.7. The Bertz CT molecular complexity index is 513. The molecule has 9 heteroatoms. The molecule has 2 atom stereocenters. The predicted molar refractivity (Wildman–Crippen MR) is 59.0 cm³/mol. The maximum atomic E-state index is 11.0. The molecule has 0 saturated carbocycles. The van der Waals surface area contributed by atoms with Crippen LogP contribution in [0.2, 0.25) is 0 Å². The number of hydrogen-bond donors (Lipinski definition) is 2. The van der Waals surface area contributed by atoms with Crippen LogP contribution in [0.3, 0.4) is 0 Å². The van der Waals surface area contributed by atoms with Gasteiger partial charge in [0.2, 0.25) is 0 Å². The van der Waals surface area contributed by atoms with Gasteiger partial charge in [-0.15, -0.1) is 0 Å². The van der Waals surface area contributed by atoms with E-state index in [0.717, 1.165) is 12.1 Å². The van der Waals surface area contributed by atoms with E-state index >= 15 is 0 Å². The van der Waals surface area contributed by atoms with E-state index in [-0.39, 0.29) is 41.1 Å². The fourth-order valence-corrected chi connectivity index (χ4v) is 1.86. The zero-order chi connectivity index (χ0) is 13.9. The van der Waals surface area contributed by atoms with Crippen LogP contribution in [0.1, 0.15) is 13.8 Å². The molecular weight excluding hydrogens is 287 g/mol. The molecule has 0 aliphatic rings. The second-order valence-corrected chi connectivity index (χ2v) is 4.85. The molecule has 0 amide bonds. The van der Waals surface area contributed by atoms with Crippen LogP contribution in [-0.4, -0.2) is 35.8 Å². The van der Waals surface area contributed by atoms with E-state index in [9.17, 15) is 13.0 Å². The molecule has 0 heterocycles. The molecule has 2 N–H and O–H groups in total. The Balaban J connectivity index is 0.00000324. The largest absolute Gasteiger partial charge is 1.00 e. The topological polar surface area (TPSA) is 116 Å². The predicted octanol–water partition coefficient (Wildman–Crippen LogP) is -2.97. The van der Waals surface area contributed by atoms with Gasteiger partial charge in [0, 0.05) is 6.07 Å². The fourth-order valence-electron chi connectivity index (χ4n) is 1.24. The third-order valence-corrected chi connectivity index (χ3v) is 2.65. The van der Waals surface area contributed by atoms with Crippen molar-refractivity contribution in [3.63, 3.8) is 0 Å². The molecule has 0 bridgehead atoms. The summed E-state index contributed by atoms with van der Waals surface area (Å²) in [7, 11) is -4.79. The van der Waals surface area contributed by atoms with E-state index in [2.05, 4.69) is 0 Å². The van der Waals surface area contributed by atoms with E-state index in [1.807, 2.05) is 0 Å². The van der Waals surface area contributed by atoms with Crippen LogP contribution in [0.15, 0.2) is 23.1 Å². The zero-order valence-corrected chi connectivity index (χ0v) is 13.5. The first-order chi connectivity index (χ1) is 8.20. The molecule has 1 rings (SSSR count). The Morgan fingerprint density at radius 3 is 2.11 bits per heavy atom. The van der Waals surface area contributed by atoms with Crippen LogP contribution in [-0.2, 0) is 10.1 Å². The summed E-state index contributed by atoms with van der Waals surface area (Å²) in [6.45, 7) is 2.59. The second-order valence-electron chi connectivity index (χ2n) is 3.50. The van der Waals surface area contributed by atoms with E-state index in [1.54, 1.807) is 0 Å². The molecule has 2 unspecified atom stereocenters. The summed E-state index contributed by atoms with van der Waals surface area (Å²) in [5.74, 6) is -0.282. The molecule has 0 radical (unpaired) electrons. The van der Waals surface area contributed by atoms with Gasteiger partial charge >= 0.3 is 29.6 Å². The molecule has 1 aromatic rings. The Labute approximate surface area is 133 Å². The first-order valence-corrected chi connectivity index (χ1v) is 6.40. The van der Waals surface area contributed by atoms with Crippen molar-refractivity contribution in [3.8, 4) is 11.5 Å². The number of benzene rings is 1. The Morgan fingerprint density at radius 2 is 1.68 bits per heavy atom. The average molecular weight is 300 g/mol. The second kappa shape index (κ2) is 7.44. The average Bonchev–Trinajstić information content (AvgIpc) is 2.17. The van der Waals surface area contributed by atoms with Crippen molar-refractivity contribution in [2.45, 2.75) is 31.3 Å².